The van der Waals surface area contributed by atoms with Crippen LogP contribution in [0.3, 0.4) is 0 Å². The average molecular weight is 502 g/mol. The highest BCUT2D eigenvalue weighted by Gasteiger charge is 2.18. The van der Waals surface area contributed by atoms with Crippen LogP contribution in [-0.4, -0.2) is 19.5 Å². The lowest BCUT2D eigenvalue weighted by Gasteiger charge is -2.11. The predicted octanol–water partition coefficient (Wildman–Crippen LogP) is 7.62. The van der Waals surface area contributed by atoms with E-state index in [1.807, 2.05) is 95.6 Å². The summed E-state index contributed by atoms with van der Waals surface area (Å²) in [6.45, 7) is 7.46. The van der Waals surface area contributed by atoms with Gasteiger partial charge in [0.15, 0.2) is 17.3 Å². The van der Waals surface area contributed by atoms with E-state index in [1.54, 1.807) is 0 Å². The molecular weight excluding hydrogens is 486 g/mol. The third kappa shape index (κ3) is 3.43. The van der Waals surface area contributed by atoms with E-state index < -0.39 is 0 Å². The molecule has 4 aromatic carbocycles. The molecule has 0 fully saturated rings. The molecule has 0 N–H and O–H groups in total. The van der Waals surface area contributed by atoms with E-state index >= 15 is 0 Å². The summed E-state index contributed by atoms with van der Waals surface area (Å²) in [7, 11) is 0. The predicted molar refractivity (Wildman–Crippen MR) is 139 cm³/mol. The molecule has 0 spiro atoms. The molecule has 6 aromatic rings. The first-order valence-corrected chi connectivity index (χ1v) is 11.5. The molecule has 0 aliphatic heterocycles. The molecule has 0 amide bonds. The van der Waals surface area contributed by atoms with Crippen molar-refractivity contribution in [2.45, 2.75) is 0 Å². The Morgan fingerprint density at radius 3 is 1.79 bits per heavy atom. The maximum atomic E-state index is 7.46. The SMILES string of the molecule is [C-]#[N+]c1ccc2c(c1)c1cc(Br)ccc1n2-c1nc(-c2ccccc2)nc(-c2ccccc2)n1. The highest BCUT2D eigenvalue weighted by Crippen LogP contribution is 2.35. The Hall–Kier alpha value is -4.34. The van der Waals surface area contributed by atoms with Crippen LogP contribution in [0.15, 0.2) is 102 Å². The van der Waals surface area contributed by atoms with Crippen LogP contribution in [0.25, 0.3) is 55.4 Å². The Kier molecular flexibility index (Phi) is 4.90. The molecule has 34 heavy (non-hydrogen) atoms. The molecule has 0 atom stereocenters. The zero-order valence-electron chi connectivity index (χ0n) is 17.9. The van der Waals surface area contributed by atoms with E-state index in [1.165, 1.54) is 0 Å². The summed E-state index contributed by atoms with van der Waals surface area (Å²) in [5.41, 5.74) is 4.33. The first-order valence-electron chi connectivity index (χ1n) is 10.7. The van der Waals surface area contributed by atoms with Gasteiger partial charge in [0.05, 0.1) is 17.6 Å². The van der Waals surface area contributed by atoms with Crippen molar-refractivity contribution in [3.05, 3.63) is 113 Å². The maximum Gasteiger partial charge on any atom is 0.238 e. The van der Waals surface area contributed by atoms with E-state index in [0.717, 1.165) is 37.4 Å². The molecule has 0 aliphatic carbocycles. The molecule has 2 aromatic heterocycles. The Morgan fingerprint density at radius 2 is 1.21 bits per heavy atom. The van der Waals surface area contributed by atoms with Gasteiger partial charge in [-0.25, -0.2) is 9.83 Å². The highest BCUT2D eigenvalue weighted by molar-refractivity contribution is 9.10. The number of aromatic nitrogens is 4. The zero-order valence-corrected chi connectivity index (χ0v) is 19.4. The van der Waals surface area contributed by atoms with Gasteiger partial charge in [0.25, 0.3) is 0 Å². The van der Waals surface area contributed by atoms with Crippen LogP contribution in [0, 0.1) is 6.57 Å². The number of halogens is 1. The van der Waals surface area contributed by atoms with Gasteiger partial charge in [-0.15, -0.1) is 0 Å². The summed E-state index contributed by atoms with van der Waals surface area (Å²) in [4.78, 5) is 18.2. The molecule has 0 unspecified atom stereocenters. The van der Waals surface area contributed by atoms with E-state index in [9.17, 15) is 0 Å². The highest BCUT2D eigenvalue weighted by atomic mass is 79.9. The smallest absolute Gasteiger partial charge is 0.238 e. The fourth-order valence-electron chi connectivity index (χ4n) is 4.17. The van der Waals surface area contributed by atoms with Crippen molar-refractivity contribution >= 4 is 43.4 Å². The summed E-state index contributed by atoms with van der Waals surface area (Å²) in [6.07, 6.45) is 0. The number of rotatable bonds is 3. The van der Waals surface area contributed by atoms with Crippen molar-refractivity contribution in [3.63, 3.8) is 0 Å². The second kappa shape index (κ2) is 8.22. The third-order valence-electron chi connectivity index (χ3n) is 5.73. The summed E-state index contributed by atoms with van der Waals surface area (Å²) in [5.74, 6) is 1.74. The van der Waals surface area contributed by atoms with Crippen molar-refractivity contribution in [1.29, 1.82) is 0 Å². The van der Waals surface area contributed by atoms with Gasteiger partial charge in [-0.05, 0) is 35.7 Å². The first-order chi connectivity index (χ1) is 16.7. The molecular formula is C28H16BrN5. The summed E-state index contributed by atoms with van der Waals surface area (Å²) >= 11 is 3.59. The van der Waals surface area contributed by atoms with Gasteiger partial charge >= 0.3 is 0 Å². The van der Waals surface area contributed by atoms with E-state index in [0.29, 0.717) is 23.3 Å². The van der Waals surface area contributed by atoms with E-state index in [4.69, 9.17) is 21.5 Å². The Labute approximate surface area is 204 Å². The van der Waals surface area contributed by atoms with Gasteiger partial charge in [-0.1, -0.05) is 82.7 Å². The standard InChI is InChI=1S/C28H16BrN5/c1-30-21-13-15-25-23(17-21)22-16-20(29)12-14-24(22)34(25)28-32-26(18-8-4-2-5-9-18)31-27(33-28)19-10-6-3-7-11-19/h2-17H. The van der Waals surface area contributed by atoms with Gasteiger partial charge in [0, 0.05) is 21.0 Å². The van der Waals surface area contributed by atoms with Crippen molar-refractivity contribution in [2.24, 2.45) is 0 Å². The summed E-state index contributed by atoms with van der Waals surface area (Å²) in [5, 5.41) is 2.01. The van der Waals surface area contributed by atoms with Crippen molar-refractivity contribution in [3.8, 4) is 28.7 Å². The lowest BCUT2D eigenvalue weighted by Crippen LogP contribution is -2.06. The quantitative estimate of drug-likeness (QED) is 0.234. The molecule has 6 rings (SSSR count). The van der Waals surface area contributed by atoms with Crippen LogP contribution in [0.5, 0.6) is 0 Å². The minimum atomic E-state index is 0.533. The van der Waals surface area contributed by atoms with Crippen LogP contribution in [0.1, 0.15) is 0 Å². The summed E-state index contributed by atoms with van der Waals surface area (Å²) < 4.78 is 3.02. The number of hydrogen-bond acceptors (Lipinski definition) is 3. The van der Waals surface area contributed by atoms with E-state index in [2.05, 4.69) is 26.8 Å². The molecule has 0 saturated heterocycles. The van der Waals surface area contributed by atoms with Crippen LogP contribution < -0.4 is 0 Å². The first kappa shape index (κ1) is 20.3. The van der Waals surface area contributed by atoms with Crippen molar-refractivity contribution in [2.75, 3.05) is 0 Å². The number of nitrogens with zero attached hydrogens (tertiary/aromatic N) is 5. The lowest BCUT2D eigenvalue weighted by molar-refractivity contribution is 0.953. The second-order valence-electron chi connectivity index (χ2n) is 7.82. The Balaban J connectivity index is 1.70. The molecule has 0 bridgehead atoms. The van der Waals surface area contributed by atoms with Crippen LogP contribution >= 0.6 is 15.9 Å². The Bertz CT molecular complexity index is 1660. The molecule has 2 heterocycles. The molecule has 5 nitrogen and oxygen atoms in total. The minimum Gasteiger partial charge on any atom is -0.278 e. The zero-order chi connectivity index (χ0) is 23.1. The number of benzene rings is 4. The van der Waals surface area contributed by atoms with Gasteiger partial charge in [0.2, 0.25) is 5.95 Å². The normalized spacial score (nSPS) is 11.1. The fraction of sp³-hybridized carbons (Fsp3) is 0. The van der Waals surface area contributed by atoms with Crippen LogP contribution in [0.4, 0.5) is 5.69 Å². The van der Waals surface area contributed by atoms with E-state index in [-0.39, 0.29) is 0 Å². The van der Waals surface area contributed by atoms with Crippen molar-refractivity contribution in [1.82, 2.24) is 19.5 Å². The van der Waals surface area contributed by atoms with Gasteiger partial charge in [-0.2, -0.15) is 9.97 Å². The maximum absolute atomic E-state index is 7.46. The fourth-order valence-corrected chi connectivity index (χ4v) is 4.53. The van der Waals surface area contributed by atoms with Gasteiger partial charge < -0.3 is 0 Å². The van der Waals surface area contributed by atoms with Crippen LogP contribution in [-0.2, 0) is 0 Å². The number of fused-ring (bicyclic) bond motifs is 3. The number of hydrogen-bond donors (Lipinski definition) is 0. The molecule has 0 saturated carbocycles. The molecule has 160 valence electrons. The largest absolute Gasteiger partial charge is 0.278 e. The van der Waals surface area contributed by atoms with Gasteiger partial charge in [0.1, 0.15) is 0 Å². The average Bonchev–Trinajstić information content (AvgIpc) is 3.22. The monoisotopic (exact) mass is 501 g/mol. The second-order valence-corrected chi connectivity index (χ2v) is 8.74. The molecule has 6 heteroatoms. The molecule has 0 aliphatic rings. The minimum absolute atomic E-state index is 0.533. The van der Waals surface area contributed by atoms with Crippen molar-refractivity contribution < 1.29 is 0 Å². The van der Waals surface area contributed by atoms with Crippen LogP contribution in [0.2, 0.25) is 0 Å². The lowest BCUT2D eigenvalue weighted by atomic mass is 10.1. The third-order valence-corrected chi connectivity index (χ3v) is 6.22. The molecule has 0 radical (unpaired) electrons. The Morgan fingerprint density at radius 1 is 0.647 bits per heavy atom. The topological polar surface area (TPSA) is 48.0 Å². The summed E-state index contributed by atoms with van der Waals surface area (Å²) in [6, 6.07) is 31.7. The van der Waals surface area contributed by atoms with Gasteiger partial charge in [-0.3, -0.25) is 4.57 Å².